The number of carbonyl (C=O) groups is 4. The van der Waals surface area contributed by atoms with Crippen molar-refractivity contribution >= 4 is 43.9 Å². The molecule has 0 amide bonds. The van der Waals surface area contributed by atoms with Gasteiger partial charge in [0.05, 0.1) is 0 Å². The Kier molecular flexibility index (Phi) is 23.6. The molecular weight excluding hydrogens is 1350 g/mol. The van der Waals surface area contributed by atoms with E-state index in [4.69, 9.17) is 12.3 Å². The fraction of sp³-hybridized carbons (Fsp3) is 0.174. The fourth-order valence-electron chi connectivity index (χ4n) is 14.5. The van der Waals surface area contributed by atoms with Crippen molar-refractivity contribution in [2.45, 2.75) is 77.0 Å². The van der Waals surface area contributed by atoms with Gasteiger partial charge < -0.3 is 0 Å². The molecule has 0 bridgehead atoms. The summed E-state index contributed by atoms with van der Waals surface area (Å²) in [6.07, 6.45) is 1.26. The van der Waals surface area contributed by atoms with E-state index in [2.05, 4.69) is 0 Å². The van der Waals surface area contributed by atoms with Gasteiger partial charge in [-0.15, -0.1) is 0 Å². The number of benzene rings is 12. The van der Waals surface area contributed by atoms with Crippen molar-refractivity contribution in [2.24, 2.45) is 21.7 Å². The monoisotopic (exact) mass is 1440 g/mol. The van der Waals surface area contributed by atoms with Crippen LogP contribution in [0.1, 0.15) is 66.8 Å². The quantitative estimate of drug-likeness (QED) is 0.0384. The average molecular weight is 1440 g/mol. The molecule has 101 heavy (non-hydrogen) atoms. The van der Waals surface area contributed by atoms with Gasteiger partial charge in [0.2, 0.25) is 0 Å². The van der Waals surface area contributed by atoms with E-state index in [9.17, 15) is 0 Å². The van der Waals surface area contributed by atoms with Crippen LogP contribution in [-0.2, 0) is 109 Å². The summed E-state index contributed by atoms with van der Waals surface area (Å²) >= 11 is -7.65. The molecule has 0 fully saturated rings. The number of rotatable bonds is 32. The van der Waals surface area contributed by atoms with E-state index in [0.29, 0.717) is 0 Å². The molecule has 0 saturated carbocycles. The first-order valence-corrected chi connectivity index (χ1v) is 39.5. The minimum absolute atomic E-state index is 0.105. The SMILES string of the molecule is O=C([O][Sn]([O]C(=O)C(Cc1ccccc1)(Cc1ccccc1)Cc1ccccc1)([O]C(=O)C(Cc1ccccc1)(Cc1ccccc1)Cc1ccccc1)[O]C(=O)C(Cc1ccccc1)(Cc1ccccc1)Cc1ccccc1)C(Cc1ccccc1)(Cc1ccccc1)Cc1ccccc1. The third kappa shape index (κ3) is 19.0. The summed E-state index contributed by atoms with van der Waals surface area (Å²) in [7, 11) is 0. The summed E-state index contributed by atoms with van der Waals surface area (Å²) in [5, 5.41) is 0. The van der Waals surface area contributed by atoms with Crippen LogP contribution in [0.4, 0.5) is 0 Å². The van der Waals surface area contributed by atoms with Crippen molar-refractivity contribution < 1.29 is 31.5 Å². The topological polar surface area (TPSA) is 105 Å². The van der Waals surface area contributed by atoms with Crippen LogP contribution in [0, 0.1) is 21.7 Å². The van der Waals surface area contributed by atoms with Gasteiger partial charge in [-0.2, -0.15) is 0 Å². The zero-order valence-corrected chi connectivity index (χ0v) is 59.7. The summed E-state index contributed by atoms with van der Waals surface area (Å²) < 4.78 is 30.4. The Morgan fingerprint density at radius 2 is 0.257 bits per heavy atom. The molecule has 9 heteroatoms. The van der Waals surface area contributed by atoms with Gasteiger partial charge in [-0.3, -0.25) is 0 Å². The number of hydrogen-bond donors (Lipinski definition) is 0. The van der Waals surface area contributed by atoms with Gasteiger partial charge in [0.1, 0.15) is 0 Å². The van der Waals surface area contributed by atoms with E-state index in [-0.39, 0.29) is 77.0 Å². The van der Waals surface area contributed by atoms with Gasteiger partial charge in [-0.05, 0) is 0 Å². The second-order valence-electron chi connectivity index (χ2n) is 27.1. The van der Waals surface area contributed by atoms with Crippen LogP contribution < -0.4 is 0 Å². The van der Waals surface area contributed by atoms with Gasteiger partial charge in [0, 0.05) is 0 Å². The maximum atomic E-state index is 17.7. The second-order valence-corrected chi connectivity index (χ2v) is 32.3. The van der Waals surface area contributed by atoms with E-state index >= 15 is 19.2 Å². The molecule has 0 N–H and O–H groups in total. The predicted molar refractivity (Wildman–Crippen MR) is 402 cm³/mol. The van der Waals surface area contributed by atoms with Crippen molar-refractivity contribution in [3.8, 4) is 0 Å². The molecule has 0 saturated heterocycles. The maximum absolute atomic E-state index is 17.7. The predicted octanol–water partition coefficient (Wildman–Crippen LogP) is 18.5. The third-order valence-electron chi connectivity index (χ3n) is 19.2. The van der Waals surface area contributed by atoms with E-state index in [1.807, 2.05) is 364 Å². The molecule has 0 aliphatic rings. The number of hydrogen-bond acceptors (Lipinski definition) is 8. The van der Waals surface area contributed by atoms with Gasteiger partial charge >= 0.3 is 605 Å². The van der Waals surface area contributed by atoms with Gasteiger partial charge in [0.15, 0.2) is 0 Å². The zero-order valence-electron chi connectivity index (χ0n) is 56.9. The first-order valence-electron chi connectivity index (χ1n) is 34.9. The first kappa shape index (κ1) is 70.2. The Morgan fingerprint density at radius 1 is 0.168 bits per heavy atom. The van der Waals surface area contributed by atoms with E-state index in [1.54, 1.807) is 0 Å². The minimum atomic E-state index is -7.65. The zero-order chi connectivity index (χ0) is 69.5. The van der Waals surface area contributed by atoms with Gasteiger partial charge in [-0.25, -0.2) is 0 Å². The van der Waals surface area contributed by atoms with Gasteiger partial charge in [0.25, 0.3) is 0 Å². The Balaban J connectivity index is 1.16. The average Bonchev–Trinajstić information content (AvgIpc) is 0.745. The number of carbonyl (C=O) groups excluding carboxylic acids is 4. The van der Waals surface area contributed by atoms with E-state index in [1.165, 1.54) is 0 Å². The molecule has 12 aromatic carbocycles. The summed E-state index contributed by atoms with van der Waals surface area (Å²) in [6, 6.07) is 117. The first-order chi connectivity index (χ1) is 49.5. The Bertz CT molecular complexity index is 3520. The second kappa shape index (κ2) is 33.9. The summed E-state index contributed by atoms with van der Waals surface area (Å²) in [6.45, 7) is 0. The summed E-state index contributed by atoms with van der Waals surface area (Å²) in [5.41, 5.74) is 3.50. The Labute approximate surface area is 600 Å². The van der Waals surface area contributed by atoms with Crippen LogP contribution in [0.5, 0.6) is 0 Å². The molecular formula is C92H84O8Sn. The molecule has 0 aliphatic carbocycles. The van der Waals surface area contributed by atoms with Crippen molar-refractivity contribution in [1.29, 1.82) is 0 Å². The van der Waals surface area contributed by atoms with Crippen molar-refractivity contribution in [3.63, 3.8) is 0 Å². The molecule has 12 rings (SSSR count). The molecule has 0 spiro atoms. The van der Waals surface area contributed by atoms with Crippen LogP contribution in [0.25, 0.3) is 0 Å². The molecule has 0 heterocycles. The molecule has 504 valence electrons. The fourth-order valence-corrected chi connectivity index (χ4v) is 20.2. The Hall–Kier alpha value is -10.7. The molecule has 12 aromatic rings. The molecule has 0 aromatic heterocycles. The van der Waals surface area contributed by atoms with Crippen molar-refractivity contribution in [3.05, 3.63) is 431 Å². The standard InChI is InChI=1S/4C23H22O2.Sn/c4*24-22(25)23(16-19-10-4-1-5-11-19,17-20-12-6-2-7-13-20)18-21-14-8-3-9-15-21;/h4*1-15H,16-18H2,(H,24,25);/q;;;;+4/p-4. The molecule has 0 radical (unpaired) electrons. The third-order valence-corrected chi connectivity index (χ3v) is 24.2. The molecule has 0 unspecified atom stereocenters. The van der Waals surface area contributed by atoms with E-state index in [0.717, 1.165) is 66.8 Å². The molecule has 0 aliphatic heterocycles. The van der Waals surface area contributed by atoms with Gasteiger partial charge in [-0.1, -0.05) is 0 Å². The van der Waals surface area contributed by atoms with Crippen LogP contribution in [-0.4, -0.2) is 43.9 Å². The van der Waals surface area contributed by atoms with Crippen molar-refractivity contribution in [2.75, 3.05) is 0 Å². The molecule has 0 atom stereocenters. The normalized spacial score (nSPS) is 11.8. The summed E-state index contributed by atoms with van der Waals surface area (Å²) in [4.78, 5) is 70.7. The van der Waals surface area contributed by atoms with Crippen LogP contribution in [0.2, 0.25) is 0 Å². The molecule has 8 nitrogen and oxygen atoms in total. The van der Waals surface area contributed by atoms with Crippen LogP contribution >= 0.6 is 0 Å². The van der Waals surface area contributed by atoms with Crippen LogP contribution in [0.15, 0.2) is 364 Å². The summed E-state index contributed by atoms with van der Waals surface area (Å²) in [5.74, 6) is -3.45. The van der Waals surface area contributed by atoms with Crippen molar-refractivity contribution in [1.82, 2.24) is 0 Å². The van der Waals surface area contributed by atoms with E-state index < -0.39 is 65.6 Å². The Morgan fingerprint density at radius 3 is 0.347 bits per heavy atom. The van der Waals surface area contributed by atoms with Crippen LogP contribution in [0.3, 0.4) is 0 Å².